The van der Waals surface area contributed by atoms with E-state index in [1.165, 1.54) is 6.21 Å². The Morgan fingerprint density at radius 2 is 2.46 bits per heavy atom. The SMILES string of the molecule is ON=Cc1c[nH]c2nccc(Cl)c12. The van der Waals surface area contributed by atoms with Crippen LogP contribution in [0.1, 0.15) is 5.56 Å². The van der Waals surface area contributed by atoms with E-state index in [9.17, 15) is 0 Å². The van der Waals surface area contributed by atoms with Gasteiger partial charge in [-0.3, -0.25) is 0 Å². The van der Waals surface area contributed by atoms with Crippen LogP contribution in [0.2, 0.25) is 5.02 Å². The van der Waals surface area contributed by atoms with Gasteiger partial charge in [0.1, 0.15) is 5.65 Å². The molecule has 66 valence electrons. The third kappa shape index (κ3) is 1.25. The largest absolute Gasteiger partial charge is 0.411 e. The van der Waals surface area contributed by atoms with Gasteiger partial charge in [-0.2, -0.15) is 0 Å². The lowest BCUT2D eigenvalue weighted by atomic mass is 10.2. The molecule has 2 N–H and O–H groups in total. The van der Waals surface area contributed by atoms with Crippen LogP contribution >= 0.6 is 11.6 Å². The van der Waals surface area contributed by atoms with E-state index in [2.05, 4.69) is 15.1 Å². The molecular weight excluding hydrogens is 190 g/mol. The third-order valence-corrected chi connectivity index (χ3v) is 2.06. The molecule has 2 aromatic heterocycles. The number of pyridine rings is 1. The summed E-state index contributed by atoms with van der Waals surface area (Å²) < 4.78 is 0. The molecule has 0 radical (unpaired) electrons. The zero-order chi connectivity index (χ0) is 9.26. The van der Waals surface area contributed by atoms with Crippen LogP contribution < -0.4 is 0 Å². The summed E-state index contributed by atoms with van der Waals surface area (Å²) in [6.07, 6.45) is 4.61. The molecule has 2 heterocycles. The molecule has 0 amide bonds. The number of oxime groups is 1. The normalized spacial score (nSPS) is 11.5. The summed E-state index contributed by atoms with van der Waals surface area (Å²) in [7, 11) is 0. The fourth-order valence-electron chi connectivity index (χ4n) is 1.20. The Bertz CT molecular complexity index is 463. The van der Waals surface area contributed by atoms with Gasteiger partial charge in [-0.05, 0) is 6.07 Å². The van der Waals surface area contributed by atoms with E-state index in [4.69, 9.17) is 16.8 Å². The minimum atomic E-state index is 0.584. The van der Waals surface area contributed by atoms with Crippen LogP contribution in [-0.2, 0) is 0 Å². The van der Waals surface area contributed by atoms with Crippen molar-refractivity contribution in [1.29, 1.82) is 0 Å². The molecule has 0 saturated carbocycles. The maximum atomic E-state index is 8.38. The van der Waals surface area contributed by atoms with Gasteiger partial charge >= 0.3 is 0 Å². The molecular formula is C8H6ClN3O. The molecule has 0 atom stereocenters. The van der Waals surface area contributed by atoms with E-state index >= 15 is 0 Å². The molecule has 0 spiro atoms. The van der Waals surface area contributed by atoms with Gasteiger partial charge in [0, 0.05) is 23.3 Å². The quantitative estimate of drug-likeness (QED) is 0.416. The molecule has 0 aliphatic rings. The smallest absolute Gasteiger partial charge is 0.139 e. The Morgan fingerprint density at radius 3 is 3.23 bits per heavy atom. The van der Waals surface area contributed by atoms with Crippen LogP contribution in [0, 0.1) is 0 Å². The fourth-order valence-corrected chi connectivity index (χ4v) is 1.46. The molecule has 0 unspecified atom stereocenters. The van der Waals surface area contributed by atoms with Crippen molar-refractivity contribution in [1.82, 2.24) is 9.97 Å². The molecule has 5 heteroatoms. The Balaban J connectivity index is 2.78. The number of hydrogen-bond donors (Lipinski definition) is 2. The summed E-state index contributed by atoms with van der Waals surface area (Å²) in [5.41, 5.74) is 1.40. The minimum Gasteiger partial charge on any atom is -0.411 e. The van der Waals surface area contributed by atoms with Gasteiger partial charge < -0.3 is 10.2 Å². The van der Waals surface area contributed by atoms with E-state index in [1.54, 1.807) is 18.5 Å². The van der Waals surface area contributed by atoms with Crippen molar-refractivity contribution in [2.45, 2.75) is 0 Å². The summed E-state index contributed by atoms with van der Waals surface area (Å²) in [5, 5.41) is 12.7. The summed E-state index contributed by atoms with van der Waals surface area (Å²) in [4.78, 5) is 6.98. The highest BCUT2D eigenvalue weighted by Gasteiger charge is 2.05. The number of aromatic nitrogens is 2. The van der Waals surface area contributed by atoms with Crippen molar-refractivity contribution in [3.05, 3.63) is 29.0 Å². The number of H-pyrrole nitrogens is 1. The first-order chi connectivity index (χ1) is 6.33. The van der Waals surface area contributed by atoms with Crippen molar-refractivity contribution in [3.63, 3.8) is 0 Å². The Labute approximate surface area is 78.9 Å². The van der Waals surface area contributed by atoms with Crippen LogP contribution in [0.25, 0.3) is 11.0 Å². The van der Waals surface area contributed by atoms with E-state index < -0.39 is 0 Å². The van der Waals surface area contributed by atoms with Gasteiger partial charge in [-0.1, -0.05) is 16.8 Å². The first-order valence-electron chi connectivity index (χ1n) is 3.62. The Morgan fingerprint density at radius 1 is 1.62 bits per heavy atom. The number of nitrogens with one attached hydrogen (secondary N) is 1. The Hall–Kier alpha value is -1.55. The maximum Gasteiger partial charge on any atom is 0.139 e. The molecule has 0 aliphatic carbocycles. The lowest BCUT2D eigenvalue weighted by Crippen LogP contribution is -1.79. The van der Waals surface area contributed by atoms with Crippen molar-refractivity contribution in [3.8, 4) is 0 Å². The zero-order valence-corrected chi connectivity index (χ0v) is 7.28. The van der Waals surface area contributed by atoms with Gasteiger partial charge in [0.05, 0.1) is 11.2 Å². The summed E-state index contributed by atoms with van der Waals surface area (Å²) in [6, 6.07) is 1.69. The second-order valence-electron chi connectivity index (χ2n) is 2.50. The number of halogens is 1. The van der Waals surface area contributed by atoms with Gasteiger partial charge in [-0.25, -0.2) is 4.98 Å². The standard InChI is InChI=1S/C8H6ClN3O/c9-6-1-2-10-8-7(6)5(3-11-8)4-12-13/h1-4,13H,(H,10,11). The molecule has 0 aromatic carbocycles. The molecule has 13 heavy (non-hydrogen) atoms. The van der Waals surface area contributed by atoms with Crippen molar-refractivity contribution in [2.24, 2.45) is 5.16 Å². The van der Waals surface area contributed by atoms with E-state index in [-0.39, 0.29) is 0 Å². The molecule has 2 rings (SSSR count). The summed E-state index contributed by atoms with van der Waals surface area (Å²) >= 11 is 5.94. The zero-order valence-electron chi connectivity index (χ0n) is 6.53. The van der Waals surface area contributed by atoms with Gasteiger partial charge in [0.2, 0.25) is 0 Å². The van der Waals surface area contributed by atoms with Crippen molar-refractivity contribution >= 4 is 28.8 Å². The lowest BCUT2D eigenvalue weighted by molar-refractivity contribution is 0.322. The van der Waals surface area contributed by atoms with E-state index in [1.807, 2.05) is 0 Å². The fraction of sp³-hybridized carbons (Fsp3) is 0. The Kier molecular flexibility index (Phi) is 1.90. The molecule has 0 bridgehead atoms. The maximum absolute atomic E-state index is 8.38. The summed E-state index contributed by atoms with van der Waals surface area (Å²) in [6.45, 7) is 0. The number of fused-ring (bicyclic) bond motifs is 1. The van der Waals surface area contributed by atoms with Crippen LogP contribution in [0.5, 0.6) is 0 Å². The molecule has 0 fully saturated rings. The highest BCUT2D eigenvalue weighted by molar-refractivity contribution is 6.36. The van der Waals surface area contributed by atoms with Crippen LogP contribution in [0.15, 0.2) is 23.6 Å². The predicted molar refractivity (Wildman–Crippen MR) is 50.5 cm³/mol. The average Bonchev–Trinajstić information content (AvgIpc) is 2.51. The lowest BCUT2D eigenvalue weighted by Gasteiger charge is -1.92. The molecule has 0 saturated heterocycles. The van der Waals surface area contributed by atoms with Crippen LogP contribution in [-0.4, -0.2) is 21.4 Å². The first-order valence-corrected chi connectivity index (χ1v) is 3.99. The highest BCUT2D eigenvalue weighted by Crippen LogP contribution is 2.23. The van der Waals surface area contributed by atoms with Gasteiger partial charge in [0.15, 0.2) is 0 Å². The average molecular weight is 196 g/mol. The highest BCUT2D eigenvalue weighted by atomic mass is 35.5. The van der Waals surface area contributed by atoms with Gasteiger partial charge in [0.25, 0.3) is 0 Å². The second-order valence-corrected chi connectivity index (χ2v) is 2.91. The molecule has 2 aromatic rings. The van der Waals surface area contributed by atoms with Gasteiger partial charge in [-0.15, -0.1) is 0 Å². The number of nitrogens with zero attached hydrogens (tertiary/aromatic N) is 2. The monoisotopic (exact) mass is 195 g/mol. The summed E-state index contributed by atoms with van der Waals surface area (Å²) in [5.74, 6) is 0. The molecule has 4 nitrogen and oxygen atoms in total. The van der Waals surface area contributed by atoms with E-state index in [0.29, 0.717) is 10.7 Å². The molecule has 0 aliphatic heterocycles. The third-order valence-electron chi connectivity index (χ3n) is 1.75. The minimum absolute atomic E-state index is 0.584. The number of rotatable bonds is 1. The van der Waals surface area contributed by atoms with Crippen molar-refractivity contribution < 1.29 is 5.21 Å². The first kappa shape index (κ1) is 8.07. The van der Waals surface area contributed by atoms with Crippen LogP contribution in [0.3, 0.4) is 0 Å². The van der Waals surface area contributed by atoms with E-state index in [0.717, 1.165) is 10.9 Å². The number of aromatic amines is 1. The topological polar surface area (TPSA) is 61.3 Å². The predicted octanol–water partition coefficient (Wildman–Crippen LogP) is 2.02. The second kappa shape index (κ2) is 3.06. The number of hydrogen-bond acceptors (Lipinski definition) is 3. The van der Waals surface area contributed by atoms with Crippen molar-refractivity contribution in [2.75, 3.05) is 0 Å². The van der Waals surface area contributed by atoms with Crippen LogP contribution in [0.4, 0.5) is 0 Å².